The smallest absolute Gasteiger partial charge is 0.226 e. The Kier molecular flexibility index (Phi) is 4.67. The summed E-state index contributed by atoms with van der Waals surface area (Å²) in [7, 11) is 0. The summed E-state index contributed by atoms with van der Waals surface area (Å²) < 4.78 is 8.18. The van der Waals surface area contributed by atoms with Crippen LogP contribution in [0.5, 0.6) is 0 Å². The molecule has 0 bridgehead atoms. The van der Waals surface area contributed by atoms with Crippen LogP contribution in [0.3, 0.4) is 0 Å². The van der Waals surface area contributed by atoms with E-state index < -0.39 is 0 Å². The molecule has 5 heteroatoms. The fourth-order valence-corrected chi connectivity index (χ4v) is 3.94. The maximum absolute atomic E-state index is 6.01. The zero-order valence-electron chi connectivity index (χ0n) is 15.9. The highest BCUT2D eigenvalue weighted by Crippen LogP contribution is 2.22. The van der Waals surface area contributed by atoms with Gasteiger partial charge in [-0.15, -0.1) is 0 Å². The highest BCUT2D eigenvalue weighted by molar-refractivity contribution is 5.75. The third-order valence-corrected chi connectivity index (χ3v) is 5.46. The Morgan fingerprint density at radius 2 is 1.68 bits per heavy atom. The summed E-state index contributed by atoms with van der Waals surface area (Å²) in [6.07, 6.45) is 7.69. The molecular weight excluding hydrogens is 348 g/mol. The molecule has 1 aliphatic heterocycles. The van der Waals surface area contributed by atoms with E-state index in [4.69, 9.17) is 4.42 Å². The number of hydrogen-bond acceptors (Lipinski definition) is 4. The van der Waals surface area contributed by atoms with E-state index in [9.17, 15) is 0 Å². The first-order chi connectivity index (χ1) is 13.8. The molecule has 0 spiro atoms. The molecule has 0 atom stereocenters. The van der Waals surface area contributed by atoms with Crippen LogP contribution in [0.2, 0.25) is 0 Å². The predicted molar refractivity (Wildman–Crippen MR) is 110 cm³/mol. The van der Waals surface area contributed by atoms with Crippen molar-refractivity contribution < 1.29 is 4.42 Å². The first kappa shape index (κ1) is 17.2. The molecule has 0 amide bonds. The predicted octanol–water partition coefficient (Wildman–Crippen LogP) is 4.73. The van der Waals surface area contributed by atoms with Crippen LogP contribution in [-0.2, 0) is 13.1 Å². The summed E-state index contributed by atoms with van der Waals surface area (Å²) >= 11 is 0. The molecule has 5 nitrogen and oxygen atoms in total. The second kappa shape index (κ2) is 7.60. The van der Waals surface area contributed by atoms with Crippen molar-refractivity contribution in [1.29, 1.82) is 0 Å². The van der Waals surface area contributed by atoms with Gasteiger partial charge in [0.15, 0.2) is 0 Å². The van der Waals surface area contributed by atoms with Crippen molar-refractivity contribution in [2.45, 2.75) is 32.4 Å². The van der Waals surface area contributed by atoms with Crippen molar-refractivity contribution in [3.05, 3.63) is 72.4 Å². The van der Waals surface area contributed by atoms with E-state index in [1.165, 1.54) is 24.8 Å². The zero-order chi connectivity index (χ0) is 18.8. The summed E-state index contributed by atoms with van der Waals surface area (Å²) in [4.78, 5) is 11.4. The lowest BCUT2D eigenvalue weighted by Crippen LogP contribution is -2.28. The van der Waals surface area contributed by atoms with Gasteiger partial charge in [0.1, 0.15) is 5.76 Å². The van der Waals surface area contributed by atoms with Crippen LogP contribution >= 0.6 is 0 Å². The van der Waals surface area contributed by atoms with Gasteiger partial charge in [0.05, 0.1) is 30.1 Å². The number of likely N-dealkylation sites (tertiary alicyclic amines) is 1. The summed E-state index contributed by atoms with van der Waals surface area (Å²) in [5.74, 6) is 1.65. The number of para-hydroxylation sites is 2. The van der Waals surface area contributed by atoms with Crippen molar-refractivity contribution in [2.75, 3.05) is 13.1 Å². The molecule has 142 valence electrons. The Morgan fingerprint density at radius 1 is 0.857 bits per heavy atom. The number of benzene rings is 2. The average molecular weight is 372 g/mol. The lowest BCUT2D eigenvalue weighted by Gasteiger charge is -2.24. The van der Waals surface area contributed by atoms with Crippen LogP contribution in [0.15, 0.2) is 65.5 Å². The lowest BCUT2D eigenvalue weighted by atomic mass is 10.1. The third kappa shape index (κ3) is 3.58. The normalized spacial score (nSPS) is 15.3. The Hall–Kier alpha value is -2.92. The molecule has 4 aromatic rings. The molecular formula is C23H24N4O. The highest BCUT2D eigenvalue weighted by Gasteiger charge is 2.14. The summed E-state index contributed by atoms with van der Waals surface area (Å²) in [5, 5.41) is 0. The fraction of sp³-hybridized carbons (Fsp3) is 0.304. The molecule has 0 aliphatic carbocycles. The number of oxazole rings is 1. The van der Waals surface area contributed by atoms with E-state index >= 15 is 0 Å². The maximum atomic E-state index is 6.01. The third-order valence-electron chi connectivity index (χ3n) is 5.46. The first-order valence-electron chi connectivity index (χ1n) is 10.0. The Bertz CT molecular complexity index is 1060. The van der Waals surface area contributed by atoms with Crippen LogP contribution < -0.4 is 0 Å². The number of aromatic nitrogens is 3. The summed E-state index contributed by atoms with van der Waals surface area (Å²) in [6, 6.07) is 16.7. The van der Waals surface area contributed by atoms with Crippen molar-refractivity contribution in [2.24, 2.45) is 0 Å². The fourth-order valence-electron chi connectivity index (χ4n) is 3.94. The van der Waals surface area contributed by atoms with Crippen molar-refractivity contribution in [3.63, 3.8) is 0 Å². The van der Waals surface area contributed by atoms with Crippen molar-refractivity contribution >= 4 is 11.0 Å². The molecule has 0 N–H and O–H groups in total. The Morgan fingerprint density at radius 3 is 2.54 bits per heavy atom. The van der Waals surface area contributed by atoms with Gasteiger partial charge >= 0.3 is 0 Å². The van der Waals surface area contributed by atoms with E-state index in [0.717, 1.165) is 48.5 Å². The second-order valence-corrected chi connectivity index (χ2v) is 7.53. The minimum Gasteiger partial charge on any atom is -0.440 e. The average Bonchev–Trinajstić information content (AvgIpc) is 3.37. The van der Waals surface area contributed by atoms with E-state index in [1.54, 1.807) is 0 Å². The van der Waals surface area contributed by atoms with Gasteiger partial charge in [-0.1, -0.05) is 30.7 Å². The molecule has 2 aromatic heterocycles. The zero-order valence-corrected chi connectivity index (χ0v) is 15.9. The minimum atomic E-state index is 0.701. The molecule has 5 rings (SSSR count). The van der Waals surface area contributed by atoms with Crippen LogP contribution in [0.1, 0.15) is 30.6 Å². The van der Waals surface area contributed by atoms with Crippen LogP contribution in [0.4, 0.5) is 0 Å². The molecule has 28 heavy (non-hydrogen) atoms. The first-order valence-corrected chi connectivity index (χ1v) is 10.0. The Balaban J connectivity index is 1.28. The van der Waals surface area contributed by atoms with E-state index in [0.29, 0.717) is 5.89 Å². The number of nitrogens with zero attached hydrogens (tertiary/aromatic N) is 4. The second-order valence-electron chi connectivity index (χ2n) is 7.53. The number of piperidine rings is 1. The molecule has 1 aliphatic rings. The highest BCUT2D eigenvalue weighted by atomic mass is 16.4. The van der Waals surface area contributed by atoms with Gasteiger partial charge in [0.25, 0.3) is 0 Å². The van der Waals surface area contributed by atoms with Gasteiger partial charge in [-0.3, -0.25) is 4.90 Å². The molecule has 1 saturated heterocycles. The summed E-state index contributed by atoms with van der Waals surface area (Å²) in [6.45, 7) is 3.98. The molecule has 0 saturated carbocycles. The van der Waals surface area contributed by atoms with Crippen LogP contribution in [0.25, 0.3) is 22.5 Å². The number of imidazole rings is 1. The molecule has 1 fully saturated rings. The van der Waals surface area contributed by atoms with Gasteiger partial charge < -0.3 is 8.98 Å². The van der Waals surface area contributed by atoms with Crippen molar-refractivity contribution in [1.82, 2.24) is 19.4 Å². The monoisotopic (exact) mass is 372 g/mol. The number of rotatable bonds is 5. The van der Waals surface area contributed by atoms with Gasteiger partial charge in [0.2, 0.25) is 5.89 Å². The van der Waals surface area contributed by atoms with Gasteiger partial charge in [-0.05, 0) is 55.8 Å². The SMILES string of the molecule is c1ccc2c(c1)ncn2Cc1ccc(-c2ncc(CN3CCCCC3)o2)cc1. The topological polar surface area (TPSA) is 47.1 Å². The van der Waals surface area contributed by atoms with E-state index in [1.807, 2.05) is 30.7 Å². The largest absolute Gasteiger partial charge is 0.440 e. The standard InChI is InChI=1S/C23H24N4O/c1-4-12-26(13-5-1)16-20-14-24-23(28-20)19-10-8-18(9-11-19)15-27-17-25-21-6-2-3-7-22(21)27/h2-3,6-11,14,17H,1,4-5,12-13,15-16H2. The molecule has 2 aromatic carbocycles. The maximum Gasteiger partial charge on any atom is 0.226 e. The van der Waals surface area contributed by atoms with E-state index in [-0.39, 0.29) is 0 Å². The number of fused-ring (bicyclic) bond motifs is 1. The molecule has 0 unspecified atom stereocenters. The van der Waals surface area contributed by atoms with Gasteiger partial charge in [-0.25, -0.2) is 9.97 Å². The van der Waals surface area contributed by atoms with Crippen molar-refractivity contribution in [3.8, 4) is 11.5 Å². The number of hydrogen-bond donors (Lipinski definition) is 0. The van der Waals surface area contributed by atoms with Gasteiger partial charge in [-0.2, -0.15) is 0 Å². The Labute approximate surface area is 164 Å². The molecule has 3 heterocycles. The minimum absolute atomic E-state index is 0.701. The van der Waals surface area contributed by atoms with E-state index in [2.05, 4.69) is 49.8 Å². The van der Waals surface area contributed by atoms with Crippen LogP contribution in [-0.4, -0.2) is 32.5 Å². The van der Waals surface area contributed by atoms with Crippen LogP contribution in [0, 0.1) is 0 Å². The van der Waals surface area contributed by atoms with Gasteiger partial charge in [0, 0.05) is 12.1 Å². The quantitative estimate of drug-likeness (QED) is 0.508. The summed E-state index contributed by atoms with van der Waals surface area (Å²) in [5.41, 5.74) is 4.43. The lowest BCUT2D eigenvalue weighted by molar-refractivity contribution is 0.206. The molecule has 0 radical (unpaired) electrons.